The second kappa shape index (κ2) is 6.83. The molecule has 0 radical (unpaired) electrons. The van der Waals surface area contributed by atoms with Gasteiger partial charge in [0.05, 0.1) is 6.10 Å². The molecule has 1 aromatic carbocycles. The van der Waals surface area contributed by atoms with Gasteiger partial charge in [0.25, 0.3) is 0 Å². The summed E-state index contributed by atoms with van der Waals surface area (Å²) in [5.74, 6) is 1.97. The zero-order valence-corrected chi connectivity index (χ0v) is 13.5. The first-order valence-corrected chi connectivity index (χ1v) is 8.79. The predicted molar refractivity (Wildman–Crippen MR) is 87.8 cm³/mol. The summed E-state index contributed by atoms with van der Waals surface area (Å²) >= 11 is 0. The highest BCUT2D eigenvalue weighted by Crippen LogP contribution is 2.33. The Kier molecular flexibility index (Phi) is 4.84. The Labute approximate surface area is 129 Å². The van der Waals surface area contributed by atoms with E-state index in [0.717, 1.165) is 18.2 Å². The molecule has 1 N–H and O–H groups in total. The van der Waals surface area contributed by atoms with Crippen LogP contribution >= 0.6 is 0 Å². The molecule has 3 rings (SSSR count). The van der Waals surface area contributed by atoms with E-state index in [1.807, 2.05) is 0 Å². The van der Waals surface area contributed by atoms with Gasteiger partial charge in [-0.2, -0.15) is 0 Å². The van der Waals surface area contributed by atoms with Gasteiger partial charge in [-0.25, -0.2) is 0 Å². The number of rotatable bonds is 4. The molecule has 1 aromatic rings. The Balaban J connectivity index is 1.68. The summed E-state index contributed by atoms with van der Waals surface area (Å²) in [4.78, 5) is 0. The highest BCUT2D eigenvalue weighted by atomic mass is 16.5. The molecule has 0 spiro atoms. The number of nitrogens with one attached hydrogen (secondary N) is 1. The van der Waals surface area contributed by atoms with Crippen LogP contribution in [0.15, 0.2) is 18.2 Å². The second-order valence-corrected chi connectivity index (χ2v) is 6.86. The number of ether oxygens (including phenoxy) is 1. The lowest BCUT2D eigenvalue weighted by Crippen LogP contribution is -2.25. The quantitative estimate of drug-likeness (QED) is 0.871. The minimum Gasteiger partial charge on any atom is -0.490 e. The molecule has 0 bridgehead atoms. The predicted octanol–water partition coefficient (Wildman–Crippen LogP) is 4.63. The van der Waals surface area contributed by atoms with E-state index in [4.69, 9.17) is 4.74 Å². The molecular weight excluding hydrogens is 258 g/mol. The number of benzene rings is 1. The third-order valence-electron chi connectivity index (χ3n) is 5.14. The van der Waals surface area contributed by atoms with E-state index in [0.29, 0.717) is 12.1 Å². The number of fused-ring (bicyclic) bond motifs is 1. The molecule has 1 saturated carbocycles. The highest BCUT2D eigenvalue weighted by molar-refractivity contribution is 5.39. The first-order valence-electron chi connectivity index (χ1n) is 8.79. The summed E-state index contributed by atoms with van der Waals surface area (Å²) in [5.41, 5.74) is 2.99. The Bertz CT molecular complexity index is 463. The van der Waals surface area contributed by atoms with Crippen LogP contribution in [0.5, 0.6) is 5.75 Å². The second-order valence-electron chi connectivity index (χ2n) is 6.86. The van der Waals surface area contributed by atoms with E-state index >= 15 is 0 Å². The maximum atomic E-state index is 6.24. The van der Waals surface area contributed by atoms with E-state index in [1.54, 1.807) is 0 Å². The number of hydrogen-bond donors (Lipinski definition) is 1. The fourth-order valence-electron chi connectivity index (χ4n) is 3.86. The molecule has 2 aliphatic carbocycles. The molecule has 2 nitrogen and oxygen atoms in total. The third kappa shape index (κ3) is 3.60. The van der Waals surface area contributed by atoms with Gasteiger partial charge < -0.3 is 10.1 Å². The van der Waals surface area contributed by atoms with Crippen LogP contribution in [0.25, 0.3) is 0 Å². The van der Waals surface area contributed by atoms with Gasteiger partial charge in [-0.1, -0.05) is 19.9 Å². The van der Waals surface area contributed by atoms with Gasteiger partial charge in [0.15, 0.2) is 0 Å². The Morgan fingerprint density at radius 2 is 1.95 bits per heavy atom. The SMILES string of the molecule is CCNC1CCCc2cc(OC3CCC(C)CC3)ccc21. The van der Waals surface area contributed by atoms with E-state index in [1.165, 1.54) is 56.1 Å². The van der Waals surface area contributed by atoms with Crippen LogP contribution in [0.3, 0.4) is 0 Å². The van der Waals surface area contributed by atoms with E-state index in [-0.39, 0.29) is 0 Å². The van der Waals surface area contributed by atoms with Crippen molar-refractivity contribution in [2.24, 2.45) is 5.92 Å². The maximum absolute atomic E-state index is 6.24. The zero-order chi connectivity index (χ0) is 14.7. The number of aryl methyl sites for hydroxylation is 1. The lowest BCUT2D eigenvalue weighted by Gasteiger charge is -2.29. The van der Waals surface area contributed by atoms with Crippen LogP contribution in [0.2, 0.25) is 0 Å². The smallest absolute Gasteiger partial charge is 0.120 e. The summed E-state index contributed by atoms with van der Waals surface area (Å²) < 4.78 is 6.24. The standard InChI is InChI=1S/C19H29NO/c1-3-20-19-6-4-5-15-13-17(11-12-18(15)19)21-16-9-7-14(2)8-10-16/h11-14,16,19-20H,3-10H2,1-2H3. The van der Waals surface area contributed by atoms with Gasteiger partial charge in [0, 0.05) is 6.04 Å². The highest BCUT2D eigenvalue weighted by Gasteiger charge is 2.22. The minimum atomic E-state index is 0.437. The molecule has 0 aliphatic heterocycles. The maximum Gasteiger partial charge on any atom is 0.120 e. The topological polar surface area (TPSA) is 21.3 Å². The average molecular weight is 287 g/mol. The molecule has 116 valence electrons. The van der Waals surface area contributed by atoms with Gasteiger partial charge >= 0.3 is 0 Å². The van der Waals surface area contributed by atoms with Crippen LogP contribution < -0.4 is 10.1 Å². The molecule has 2 aliphatic rings. The monoisotopic (exact) mass is 287 g/mol. The van der Waals surface area contributed by atoms with E-state index in [9.17, 15) is 0 Å². The van der Waals surface area contributed by atoms with Crippen LogP contribution in [0.1, 0.15) is 69.5 Å². The van der Waals surface area contributed by atoms with Crippen molar-refractivity contribution >= 4 is 0 Å². The van der Waals surface area contributed by atoms with Gasteiger partial charge in [-0.3, -0.25) is 0 Å². The Morgan fingerprint density at radius 1 is 1.14 bits per heavy atom. The van der Waals surface area contributed by atoms with Crippen molar-refractivity contribution in [2.45, 2.75) is 70.9 Å². The van der Waals surface area contributed by atoms with Crippen LogP contribution in [-0.2, 0) is 6.42 Å². The van der Waals surface area contributed by atoms with Gasteiger partial charge in [-0.15, -0.1) is 0 Å². The number of hydrogen-bond acceptors (Lipinski definition) is 2. The van der Waals surface area contributed by atoms with Gasteiger partial charge in [0.2, 0.25) is 0 Å². The van der Waals surface area contributed by atoms with Crippen molar-refractivity contribution in [3.05, 3.63) is 29.3 Å². The fourth-order valence-corrected chi connectivity index (χ4v) is 3.86. The molecule has 0 saturated heterocycles. The van der Waals surface area contributed by atoms with E-state index in [2.05, 4.69) is 37.4 Å². The van der Waals surface area contributed by atoms with Crippen LogP contribution in [-0.4, -0.2) is 12.6 Å². The molecule has 1 atom stereocenters. The molecular formula is C19H29NO. The lowest BCUT2D eigenvalue weighted by molar-refractivity contribution is 0.135. The van der Waals surface area contributed by atoms with Gasteiger partial charge in [-0.05, 0) is 80.7 Å². The molecule has 0 aromatic heterocycles. The van der Waals surface area contributed by atoms with Crippen molar-refractivity contribution in [3.8, 4) is 5.75 Å². The molecule has 1 unspecified atom stereocenters. The lowest BCUT2D eigenvalue weighted by atomic mass is 9.87. The first kappa shape index (κ1) is 14.9. The Morgan fingerprint density at radius 3 is 2.71 bits per heavy atom. The first-order chi connectivity index (χ1) is 10.3. The van der Waals surface area contributed by atoms with Crippen molar-refractivity contribution < 1.29 is 4.74 Å². The van der Waals surface area contributed by atoms with Crippen LogP contribution in [0.4, 0.5) is 0 Å². The minimum absolute atomic E-state index is 0.437. The molecule has 2 heteroatoms. The third-order valence-corrected chi connectivity index (χ3v) is 5.14. The van der Waals surface area contributed by atoms with E-state index < -0.39 is 0 Å². The largest absolute Gasteiger partial charge is 0.490 e. The summed E-state index contributed by atoms with van der Waals surface area (Å²) in [6, 6.07) is 7.33. The van der Waals surface area contributed by atoms with Gasteiger partial charge in [0.1, 0.15) is 5.75 Å². The molecule has 21 heavy (non-hydrogen) atoms. The van der Waals surface area contributed by atoms with Crippen LogP contribution in [0, 0.1) is 5.92 Å². The summed E-state index contributed by atoms with van der Waals surface area (Å²) in [6.07, 6.45) is 9.27. The molecule has 0 amide bonds. The normalized spacial score (nSPS) is 29.0. The summed E-state index contributed by atoms with van der Waals surface area (Å²) in [7, 11) is 0. The fraction of sp³-hybridized carbons (Fsp3) is 0.684. The molecule has 1 fully saturated rings. The van der Waals surface area contributed by atoms with Crippen molar-refractivity contribution in [1.29, 1.82) is 0 Å². The zero-order valence-electron chi connectivity index (χ0n) is 13.5. The molecule has 0 heterocycles. The average Bonchev–Trinajstić information content (AvgIpc) is 2.50. The van der Waals surface area contributed by atoms with Crippen molar-refractivity contribution in [1.82, 2.24) is 5.32 Å². The van der Waals surface area contributed by atoms with Crippen molar-refractivity contribution in [3.63, 3.8) is 0 Å². The Hall–Kier alpha value is -1.02. The van der Waals surface area contributed by atoms with Crippen molar-refractivity contribution in [2.75, 3.05) is 6.54 Å². The summed E-state index contributed by atoms with van der Waals surface area (Å²) in [6.45, 7) is 5.59. The summed E-state index contributed by atoms with van der Waals surface area (Å²) in [5, 5.41) is 3.61.